The maximum atomic E-state index is 13.8. The third-order valence-corrected chi connectivity index (χ3v) is 4.57. The molecule has 5 nitrogen and oxygen atoms in total. The van der Waals surface area contributed by atoms with Gasteiger partial charge in [0.25, 0.3) is 0 Å². The number of aryl methyl sites for hydroxylation is 1. The molecule has 1 aliphatic rings. The molecular formula is C23H26FNO4. The lowest BCUT2D eigenvalue weighted by Gasteiger charge is -2.26. The second-order valence-electron chi connectivity index (χ2n) is 8.29. The van der Waals surface area contributed by atoms with E-state index in [1.807, 2.05) is 46.8 Å². The number of ether oxygens (including phenoxy) is 2. The van der Waals surface area contributed by atoms with Crippen molar-refractivity contribution in [2.24, 2.45) is 0 Å². The number of hydrogen-bond donors (Lipinski definition) is 1. The van der Waals surface area contributed by atoms with Gasteiger partial charge in [-0.25, -0.2) is 9.18 Å². The third kappa shape index (κ3) is 4.58. The van der Waals surface area contributed by atoms with Gasteiger partial charge in [-0.15, -0.1) is 0 Å². The molecule has 1 heterocycles. The van der Waals surface area contributed by atoms with Crippen LogP contribution in [0.5, 0.6) is 5.75 Å². The first-order valence-corrected chi connectivity index (χ1v) is 9.61. The van der Waals surface area contributed by atoms with Crippen molar-refractivity contribution in [1.29, 1.82) is 0 Å². The average molecular weight is 399 g/mol. The molecule has 0 spiro atoms. The summed E-state index contributed by atoms with van der Waals surface area (Å²) in [5.74, 6) is -0.590. The van der Waals surface area contributed by atoms with Gasteiger partial charge < -0.3 is 14.8 Å². The molecule has 0 aromatic heterocycles. The van der Waals surface area contributed by atoms with E-state index in [-0.39, 0.29) is 18.2 Å². The molecule has 1 aliphatic heterocycles. The first kappa shape index (κ1) is 20.8. The molecule has 2 unspecified atom stereocenters. The molecule has 29 heavy (non-hydrogen) atoms. The number of esters is 1. The fourth-order valence-corrected chi connectivity index (χ4v) is 3.30. The Morgan fingerprint density at radius 2 is 1.97 bits per heavy atom. The van der Waals surface area contributed by atoms with Crippen LogP contribution in [-0.4, -0.2) is 30.1 Å². The maximum absolute atomic E-state index is 13.8. The summed E-state index contributed by atoms with van der Waals surface area (Å²) in [6, 6.07) is 10.3. The molecule has 1 N–H and O–H groups in total. The van der Waals surface area contributed by atoms with Gasteiger partial charge in [-0.05, 0) is 58.4 Å². The van der Waals surface area contributed by atoms with Gasteiger partial charge in [-0.2, -0.15) is 0 Å². The minimum absolute atomic E-state index is 0.257. The molecule has 3 rings (SSSR count). The van der Waals surface area contributed by atoms with E-state index in [2.05, 4.69) is 5.32 Å². The van der Waals surface area contributed by atoms with E-state index in [0.29, 0.717) is 17.0 Å². The lowest BCUT2D eigenvalue weighted by atomic mass is 9.94. The molecule has 0 saturated carbocycles. The highest BCUT2D eigenvalue weighted by atomic mass is 19.1. The predicted octanol–water partition coefficient (Wildman–Crippen LogP) is 5.04. The molecule has 2 aromatic carbocycles. The number of carbonyl (C=O) groups is 2. The normalized spacial score (nSPS) is 17.2. The van der Waals surface area contributed by atoms with Crippen LogP contribution in [0.4, 0.5) is 10.1 Å². The van der Waals surface area contributed by atoms with E-state index >= 15 is 0 Å². The van der Waals surface area contributed by atoms with E-state index in [9.17, 15) is 14.0 Å². The van der Waals surface area contributed by atoms with Crippen molar-refractivity contribution >= 4 is 17.4 Å². The quantitative estimate of drug-likeness (QED) is 0.730. The van der Waals surface area contributed by atoms with E-state index in [0.717, 1.165) is 11.1 Å². The van der Waals surface area contributed by atoms with Gasteiger partial charge in [0.05, 0.1) is 17.2 Å². The van der Waals surface area contributed by atoms with Crippen molar-refractivity contribution in [3.05, 3.63) is 58.7 Å². The third-order valence-electron chi connectivity index (χ3n) is 4.57. The second kappa shape index (κ2) is 7.85. The number of carbonyl (C=O) groups excluding carboxylic acids is 2. The van der Waals surface area contributed by atoms with Crippen LogP contribution < -0.4 is 10.1 Å². The summed E-state index contributed by atoms with van der Waals surface area (Å²) >= 11 is 0. The average Bonchev–Trinajstić information content (AvgIpc) is 2.63. The Kier molecular flexibility index (Phi) is 5.64. The van der Waals surface area contributed by atoms with E-state index < -0.39 is 23.5 Å². The number of rotatable bonds is 4. The minimum atomic E-state index is -1.65. The minimum Gasteiger partial charge on any atom is -0.489 e. The molecule has 154 valence electrons. The van der Waals surface area contributed by atoms with Crippen molar-refractivity contribution < 1.29 is 23.5 Å². The van der Waals surface area contributed by atoms with Crippen LogP contribution in [0.25, 0.3) is 0 Å². The van der Waals surface area contributed by atoms with Crippen LogP contribution in [0.3, 0.4) is 0 Å². The van der Waals surface area contributed by atoms with Crippen LogP contribution in [0.1, 0.15) is 65.6 Å². The Bertz CT molecular complexity index is 948. The highest BCUT2D eigenvalue weighted by Gasteiger charge is 2.32. The van der Waals surface area contributed by atoms with Gasteiger partial charge in [0.2, 0.25) is 5.78 Å². The van der Waals surface area contributed by atoms with Crippen molar-refractivity contribution in [3.8, 4) is 5.75 Å². The topological polar surface area (TPSA) is 64.6 Å². The first-order chi connectivity index (χ1) is 13.6. The van der Waals surface area contributed by atoms with E-state index in [4.69, 9.17) is 9.47 Å². The van der Waals surface area contributed by atoms with E-state index in [1.165, 1.54) is 0 Å². The number of para-hydroxylation sites is 1. The van der Waals surface area contributed by atoms with Crippen LogP contribution in [0, 0.1) is 6.92 Å². The number of anilines is 1. The van der Waals surface area contributed by atoms with Crippen LogP contribution >= 0.6 is 0 Å². The SMILES string of the molecule is Cc1cc2c(c(C(C)Nc3ccccc3C(=O)OC(C)(C)C)c1)OCC(F)C2=O. The molecular weight excluding hydrogens is 373 g/mol. The zero-order valence-corrected chi connectivity index (χ0v) is 17.3. The van der Waals surface area contributed by atoms with Gasteiger partial charge in [0, 0.05) is 11.3 Å². The van der Waals surface area contributed by atoms with Crippen molar-refractivity contribution in [2.75, 3.05) is 11.9 Å². The van der Waals surface area contributed by atoms with Gasteiger partial charge >= 0.3 is 5.97 Å². The fraction of sp³-hybridized carbons (Fsp3) is 0.391. The molecule has 0 aliphatic carbocycles. The van der Waals surface area contributed by atoms with Gasteiger partial charge in [0.15, 0.2) is 6.17 Å². The molecule has 0 amide bonds. The molecule has 2 atom stereocenters. The lowest BCUT2D eigenvalue weighted by Crippen LogP contribution is -2.30. The van der Waals surface area contributed by atoms with E-state index in [1.54, 1.807) is 24.3 Å². The predicted molar refractivity (Wildman–Crippen MR) is 110 cm³/mol. The number of Topliss-reactive ketones (excluding diaryl/α,β-unsaturated/α-hetero) is 1. The monoisotopic (exact) mass is 399 g/mol. The Hall–Kier alpha value is -2.89. The van der Waals surface area contributed by atoms with Crippen molar-refractivity contribution in [3.63, 3.8) is 0 Å². The Morgan fingerprint density at radius 1 is 1.28 bits per heavy atom. The summed E-state index contributed by atoms with van der Waals surface area (Å²) in [6.07, 6.45) is -1.65. The summed E-state index contributed by atoms with van der Waals surface area (Å²) in [5, 5.41) is 3.31. The zero-order valence-electron chi connectivity index (χ0n) is 17.3. The van der Waals surface area contributed by atoms with Crippen molar-refractivity contribution in [2.45, 2.75) is 52.4 Å². The highest BCUT2D eigenvalue weighted by molar-refractivity contribution is 6.03. The maximum Gasteiger partial charge on any atom is 0.340 e. The Morgan fingerprint density at radius 3 is 2.66 bits per heavy atom. The molecule has 0 radical (unpaired) electrons. The van der Waals surface area contributed by atoms with Crippen LogP contribution in [-0.2, 0) is 4.74 Å². The number of alkyl halides is 1. The molecule has 0 fully saturated rings. The van der Waals surface area contributed by atoms with Gasteiger partial charge in [-0.3, -0.25) is 4.79 Å². The number of hydrogen-bond acceptors (Lipinski definition) is 5. The fourth-order valence-electron chi connectivity index (χ4n) is 3.30. The first-order valence-electron chi connectivity index (χ1n) is 9.61. The second-order valence-corrected chi connectivity index (χ2v) is 8.29. The summed E-state index contributed by atoms with van der Waals surface area (Å²) in [4.78, 5) is 24.8. The van der Waals surface area contributed by atoms with Gasteiger partial charge in [0.1, 0.15) is 18.0 Å². The van der Waals surface area contributed by atoms with Crippen molar-refractivity contribution in [1.82, 2.24) is 0 Å². The smallest absolute Gasteiger partial charge is 0.340 e. The largest absolute Gasteiger partial charge is 0.489 e. The number of ketones is 1. The lowest BCUT2D eigenvalue weighted by molar-refractivity contribution is 0.00705. The zero-order chi connectivity index (χ0) is 21.3. The highest BCUT2D eigenvalue weighted by Crippen LogP contribution is 2.36. The Labute approximate surface area is 170 Å². The van der Waals surface area contributed by atoms with Crippen LogP contribution in [0.2, 0.25) is 0 Å². The summed E-state index contributed by atoms with van der Waals surface area (Å²) in [5.41, 5.74) is 2.24. The standard InChI is InChI=1S/C23H26FNO4/c1-13-10-16(21-17(11-13)20(26)18(24)12-28-21)14(2)25-19-9-7-6-8-15(19)22(27)29-23(3,4)5/h6-11,14,18,25H,12H2,1-5H3. The number of fused-ring (bicyclic) bond motifs is 1. The summed E-state index contributed by atoms with van der Waals surface area (Å²) in [7, 11) is 0. The molecule has 6 heteroatoms. The number of halogens is 1. The summed E-state index contributed by atoms with van der Waals surface area (Å²) < 4.78 is 24.9. The summed E-state index contributed by atoms with van der Waals surface area (Å²) in [6.45, 7) is 8.90. The number of benzene rings is 2. The Balaban J connectivity index is 1.93. The van der Waals surface area contributed by atoms with Gasteiger partial charge in [-0.1, -0.05) is 18.2 Å². The molecule has 0 bridgehead atoms. The number of nitrogens with one attached hydrogen (secondary N) is 1. The molecule has 0 saturated heterocycles. The molecule has 2 aromatic rings. The van der Waals surface area contributed by atoms with Crippen LogP contribution in [0.15, 0.2) is 36.4 Å².